The summed E-state index contributed by atoms with van der Waals surface area (Å²) in [5, 5.41) is 8.98. The average molecular weight is 202 g/mol. The van der Waals surface area contributed by atoms with Crippen molar-refractivity contribution >= 4 is 11.5 Å². The van der Waals surface area contributed by atoms with Gasteiger partial charge in [-0.3, -0.25) is 0 Å². The molecule has 0 radical (unpaired) electrons. The Balaban J connectivity index is 2.57. The molecule has 1 aliphatic carbocycles. The molecule has 15 heavy (non-hydrogen) atoms. The van der Waals surface area contributed by atoms with E-state index in [1.807, 2.05) is 6.92 Å². The number of benzene rings is 1. The third-order valence-electron chi connectivity index (χ3n) is 3.01. The van der Waals surface area contributed by atoms with E-state index in [2.05, 4.69) is 18.2 Å². The molecule has 0 aromatic heterocycles. The molecule has 78 valence electrons. The molecular formula is C13H14O2. The van der Waals surface area contributed by atoms with Crippen LogP contribution in [-0.4, -0.2) is 11.1 Å². The Hall–Kier alpha value is -1.57. The summed E-state index contributed by atoms with van der Waals surface area (Å²) in [6.45, 7) is 3.72. The maximum Gasteiger partial charge on any atom is 0.331 e. The number of aryl methyl sites for hydroxylation is 2. The summed E-state index contributed by atoms with van der Waals surface area (Å²) >= 11 is 0. The van der Waals surface area contributed by atoms with E-state index in [1.54, 1.807) is 6.92 Å². The summed E-state index contributed by atoms with van der Waals surface area (Å²) in [5.41, 5.74) is 5.08. The lowest BCUT2D eigenvalue weighted by Crippen LogP contribution is -1.99. The molecule has 0 bridgehead atoms. The zero-order valence-corrected chi connectivity index (χ0v) is 9.00. The van der Waals surface area contributed by atoms with E-state index in [-0.39, 0.29) is 0 Å². The number of hydrogen-bond acceptors (Lipinski definition) is 1. The van der Waals surface area contributed by atoms with E-state index in [9.17, 15) is 4.79 Å². The van der Waals surface area contributed by atoms with Crippen molar-refractivity contribution in [3.8, 4) is 0 Å². The Morgan fingerprint density at radius 1 is 1.33 bits per heavy atom. The number of carboxylic acid groups (broad SMARTS) is 1. The first-order valence-corrected chi connectivity index (χ1v) is 5.12. The van der Waals surface area contributed by atoms with Crippen LogP contribution in [0, 0.1) is 6.92 Å². The number of rotatable bonds is 1. The molecule has 0 aliphatic heterocycles. The van der Waals surface area contributed by atoms with Crippen LogP contribution in [0.5, 0.6) is 0 Å². The van der Waals surface area contributed by atoms with Gasteiger partial charge in [0, 0.05) is 5.57 Å². The second kappa shape index (κ2) is 3.54. The van der Waals surface area contributed by atoms with Gasteiger partial charge in [0.1, 0.15) is 0 Å². The molecule has 2 nitrogen and oxygen atoms in total. The smallest absolute Gasteiger partial charge is 0.331 e. The fourth-order valence-corrected chi connectivity index (χ4v) is 2.10. The van der Waals surface area contributed by atoms with E-state index in [1.165, 1.54) is 11.1 Å². The predicted octanol–water partition coefficient (Wildman–Crippen LogP) is 2.80. The lowest BCUT2D eigenvalue weighted by molar-refractivity contribution is -0.132. The zero-order valence-electron chi connectivity index (χ0n) is 9.00. The van der Waals surface area contributed by atoms with Crippen LogP contribution in [0.4, 0.5) is 0 Å². The summed E-state index contributed by atoms with van der Waals surface area (Å²) in [7, 11) is 0. The van der Waals surface area contributed by atoms with Crippen molar-refractivity contribution in [2.75, 3.05) is 0 Å². The average Bonchev–Trinajstić information content (AvgIpc) is 2.59. The Labute approximate surface area is 89.2 Å². The molecule has 2 heteroatoms. The highest BCUT2D eigenvalue weighted by molar-refractivity contribution is 5.97. The maximum absolute atomic E-state index is 10.9. The van der Waals surface area contributed by atoms with Crippen molar-refractivity contribution in [2.45, 2.75) is 26.7 Å². The number of fused-ring (bicyclic) bond motifs is 1. The molecule has 0 amide bonds. The summed E-state index contributed by atoms with van der Waals surface area (Å²) in [6, 6.07) is 6.27. The van der Waals surface area contributed by atoms with Crippen molar-refractivity contribution < 1.29 is 9.90 Å². The molecule has 0 saturated heterocycles. The van der Waals surface area contributed by atoms with Gasteiger partial charge >= 0.3 is 5.97 Å². The van der Waals surface area contributed by atoms with Gasteiger partial charge in [0.05, 0.1) is 0 Å². The normalized spacial score (nSPS) is 17.5. The minimum Gasteiger partial charge on any atom is -0.478 e. The number of carboxylic acids is 1. The van der Waals surface area contributed by atoms with Crippen molar-refractivity contribution in [1.29, 1.82) is 0 Å². The van der Waals surface area contributed by atoms with Gasteiger partial charge in [-0.2, -0.15) is 0 Å². The zero-order chi connectivity index (χ0) is 11.0. The largest absolute Gasteiger partial charge is 0.478 e. The highest BCUT2D eigenvalue weighted by Crippen LogP contribution is 2.34. The lowest BCUT2D eigenvalue weighted by atomic mass is 10.0. The Morgan fingerprint density at radius 3 is 2.73 bits per heavy atom. The van der Waals surface area contributed by atoms with Gasteiger partial charge in [0.15, 0.2) is 0 Å². The fraction of sp³-hybridized carbons (Fsp3) is 0.308. The highest BCUT2D eigenvalue weighted by Gasteiger charge is 2.20. The first-order chi connectivity index (χ1) is 7.09. The number of carbonyl (C=O) groups is 1. The van der Waals surface area contributed by atoms with E-state index in [4.69, 9.17) is 5.11 Å². The van der Waals surface area contributed by atoms with Gasteiger partial charge in [0.2, 0.25) is 0 Å². The molecule has 0 spiro atoms. The minimum atomic E-state index is -0.806. The number of hydrogen-bond donors (Lipinski definition) is 1. The molecule has 1 aliphatic rings. The van der Waals surface area contributed by atoms with Crippen LogP contribution in [0.2, 0.25) is 0 Å². The topological polar surface area (TPSA) is 37.3 Å². The fourth-order valence-electron chi connectivity index (χ4n) is 2.10. The third kappa shape index (κ3) is 1.67. The van der Waals surface area contributed by atoms with E-state index >= 15 is 0 Å². The summed E-state index contributed by atoms with van der Waals surface area (Å²) in [6.07, 6.45) is 1.83. The van der Waals surface area contributed by atoms with Crippen LogP contribution in [-0.2, 0) is 11.2 Å². The van der Waals surface area contributed by atoms with Crippen molar-refractivity contribution in [3.63, 3.8) is 0 Å². The lowest BCUT2D eigenvalue weighted by Gasteiger charge is -2.04. The van der Waals surface area contributed by atoms with Crippen LogP contribution < -0.4 is 0 Å². The van der Waals surface area contributed by atoms with Gasteiger partial charge in [-0.15, -0.1) is 0 Å². The van der Waals surface area contributed by atoms with Gasteiger partial charge in [-0.05, 0) is 43.4 Å². The van der Waals surface area contributed by atoms with Crippen molar-refractivity contribution in [2.24, 2.45) is 0 Å². The van der Waals surface area contributed by atoms with E-state index < -0.39 is 5.97 Å². The second-order valence-corrected chi connectivity index (χ2v) is 4.07. The van der Waals surface area contributed by atoms with Crippen LogP contribution >= 0.6 is 0 Å². The van der Waals surface area contributed by atoms with Crippen LogP contribution in [0.3, 0.4) is 0 Å². The monoisotopic (exact) mass is 202 g/mol. The first-order valence-electron chi connectivity index (χ1n) is 5.12. The summed E-state index contributed by atoms with van der Waals surface area (Å²) in [5.74, 6) is -0.806. The van der Waals surface area contributed by atoms with Gasteiger partial charge in [-0.1, -0.05) is 23.8 Å². The highest BCUT2D eigenvalue weighted by atomic mass is 16.4. The van der Waals surface area contributed by atoms with E-state index in [0.717, 1.165) is 24.0 Å². The maximum atomic E-state index is 10.9. The van der Waals surface area contributed by atoms with E-state index in [0.29, 0.717) is 5.57 Å². The second-order valence-electron chi connectivity index (χ2n) is 4.07. The summed E-state index contributed by atoms with van der Waals surface area (Å²) < 4.78 is 0. The van der Waals surface area contributed by atoms with Gasteiger partial charge < -0.3 is 5.11 Å². The molecular weight excluding hydrogens is 188 g/mol. The number of aliphatic carboxylic acids is 1. The standard InChI is InChI=1S/C13H14O2/c1-8-3-4-10-5-6-11(12(10)7-8)9(2)13(14)15/h3-4,7H,5-6H2,1-2H3,(H,14,15)/b11-9+. The van der Waals surface area contributed by atoms with Crippen molar-refractivity contribution in [1.82, 2.24) is 0 Å². The molecule has 0 atom stereocenters. The Bertz CT molecular complexity index is 456. The minimum absolute atomic E-state index is 0.486. The quantitative estimate of drug-likeness (QED) is 0.711. The molecule has 1 aromatic carbocycles. The molecule has 0 saturated carbocycles. The molecule has 0 heterocycles. The Morgan fingerprint density at radius 2 is 2.07 bits per heavy atom. The van der Waals surface area contributed by atoms with Crippen LogP contribution in [0.15, 0.2) is 23.8 Å². The van der Waals surface area contributed by atoms with Gasteiger partial charge in [0.25, 0.3) is 0 Å². The molecule has 1 N–H and O–H groups in total. The summed E-state index contributed by atoms with van der Waals surface area (Å²) in [4.78, 5) is 10.9. The number of allylic oxidation sites excluding steroid dienone is 1. The third-order valence-corrected chi connectivity index (χ3v) is 3.01. The Kier molecular flexibility index (Phi) is 2.35. The first kappa shape index (κ1) is 9.97. The molecule has 2 rings (SSSR count). The SMILES string of the molecule is C/C(C(=O)O)=C1/CCc2ccc(C)cc21. The molecule has 0 fully saturated rings. The van der Waals surface area contributed by atoms with Gasteiger partial charge in [-0.25, -0.2) is 4.79 Å². The van der Waals surface area contributed by atoms with Crippen LogP contribution in [0.1, 0.15) is 30.0 Å². The van der Waals surface area contributed by atoms with Crippen LogP contribution in [0.25, 0.3) is 5.57 Å². The molecule has 1 aromatic rings. The van der Waals surface area contributed by atoms with Crippen molar-refractivity contribution in [3.05, 3.63) is 40.5 Å². The molecule has 0 unspecified atom stereocenters. The predicted molar refractivity (Wildman–Crippen MR) is 59.7 cm³/mol.